The summed E-state index contributed by atoms with van der Waals surface area (Å²) in [6, 6.07) is 10.4. The van der Waals surface area contributed by atoms with Gasteiger partial charge in [0.05, 0.1) is 11.1 Å². The van der Waals surface area contributed by atoms with Crippen LogP contribution in [0.25, 0.3) is 16.7 Å². The van der Waals surface area contributed by atoms with Crippen LogP contribution < -0.4 is 58.2 Å². The second-order valence-corrected chi connectivity index (χ2v) is 3.71. The smallest absolute Gasteiger partial charge is 0.522 e. The minimum atomic E-state index is -0.602. The van der Waals surface area contributed by atoms with Gasteiger partial charge < -0.3 is 10.8 Å². The second kappa shape index (κ2) is 5.28. The molecule has 2 aromatic rings. The fourth-order valence-corrected chi connectivity index (χ4v) is 2.09. The molecule has 0 unspecified atom stereocenters. The molecule has 1 aliphatic heterocycles. The van der Waals surface area contributed by atoms with Gasteiger partial charge in [0.25, 0.3) is 11.8 Å². The Morgan fingerprint density at radius 3 is 1.89 bits per heavy atom. The molecule has 0 bridgehead atoms. The second-order valence-electron chi connectivity index (χ2n) is 3.71. The van der Waals surface area contributed by atoms with E-state index in [0.717, 1.165) is 5.39 Å². The largest absolute Gasteiger partial charge is 1.00 e. The first-order valence-electron chi connectivity index (χ1n) is 4.98. The van der Waals surface area contributed by atoms with Crippen molar-refractivity contribution in [2.45, 2.75) is 0 Å². The number of nitrogens with one attached hydrogen (secondary N) is 1. The summed E-state index contributed by atoms with van der Waals surface area (Å²) in [4.78, 5) is 27.9. The van der Waals surface area contributed by atoms with E-state index in [1.54, 1.807) is 24.3 Å². The van der Waals surface area contributed by atoms with E-state index in [4.69, 9.17) is 5.90 Å². The average molecular weight is 313 g/mol. The van der Waals surface area contributed by atoms with Crippen molar-refractivity contribution in [3.8, 4) is 0 Å². The molecule has 1 aliphatic rings. The Morgan fingerprint density at radius 2 is 1.44 bits per heavy atom. The van der Waals surface area contributed by atoms with E-state index in [0.29, 0.717) is 21.6 Å². The van der Waals surface area contributed by atoms with Crippen LogP contribution in [0.5, 0.6) is 0 Å². The molecule has 0 spiro atoms. The molecule has 18 heavy (non-hydrogen) atoms. The maximum Gasteiger partial charge on any atom is 1.00 e. The summed E-state index contributed by atoms with van der Waals surface area (Å²) < 4.78 is 0. The van der Waals surface area contributed by atoms with Crippen LogP contribution in [-0.4, -0.2) is 16.9 Å². The summed E-state index contributed by atoms with van der Waals surface area (Å²) in [6.45, 7) is 0. The van der Waals surface area contributed by atoms with Crippen molar-refractivity contribution in [1.82, 2.24) is 5.06 Å². The number of imide groups is 1. The summed E-state index contributed by atoms with van der Waals surface area (Å²) in [5.41, 5.74) is 0.759. The minimum absolute atomic E-state index is 0. The van der Waals surface area contributed by atoms with Crippen molar-refractivity contribution in [2.24, 2.45) is 0 Å². The predicted octanol–water partition coefficient (Wildman–Crippen LogP) is -0.661. The number of hydrogen-bond donors (Lipinski definition) is 0. The van der Waals surface area contributed by atoms with Gasteiger partial charge in [-0.25, -0.2) is 0 Å². The van der Waals surface area contributed by atoms with E-state index in [9.17, 15) is 9.59 Å². The molecule has 0 atom stereocenters. The Kier molecular flexibility index (Phi) is 4.10. The first-order chi connectivity index (χ1) is 8.24. The number of rotatable bonds is 1. The Balaban J connectivity index is 0.00000120. The van der Waals surface area contributed by atoms with E-state index in [1.165, 1.54) is 0 Å². The first-order valence-corrected chi connectivity index (χ1v) is 4.98. The third-order valence-corrected chi connectivity index (χ3v) is 2.83. The number of amides is 2. The van der Waals surface area contributed by atoms with Crippen molar-refractivity contribution >= 4 is 22.6 Å². The average Bonchev–Trinajstić information content (AvgIpc) is 2.36. The molecule has 0 fully saturated rings. The maximum atomic E-state index is 11.9. The van der Waals surface area contributed by atoms with Crippen LogP contribution >= 0.6 is 0 Å². The van der Waals surface area contributed by atoms with Gasteiger partial charge in [-0.3, -0.25) is 9.59 Å². The standard InChI is InChI=1S/C12H7N2O3.Rb/c13-17-14-11(15)8-5-1-3-7-4-2-6-9(10(7)8)12(14)16;/h1-6,13H;/q-1;+1. The van der Waals surface area contributed by atoms with Gasteiger partial charge in [-0.2, -0.15) is 5.06 Å². The van der Waals surface area contributed by atoms with E-state index < -0.39 is 11.8 Å². The molecule has 5 nitrogen and oxygen atoms in total. The van der Waals surface area contributed by atoms with Gasteiger partial charge in [0, 0.05) is 5.39 Å². The Labute approximate surface area is 152 Å². The van der Waals surface area contributed by atoms with E-state index in [1.807, 2.05) is 12.1 Å². The Hall–Kier alpha value is -0.435. The molecule has 1 heterocycles. The van der Waals surface area contributed by atoms with Gasteiger partial charge >= 0.3 is 58.2 Å². The Bertz CT molecular complexity index is 606. The predicted molar refractivity (Wildman–Crippen MR) is 59.9 cm³/mol. The number of carbonyl (C=O) groups is 2. The van der Waals surface area contributed by atoms with Crippen LogP contribution in [0.4, 0.5) is 0 Å². The summed E-state index contributed by atoms with van der Waals surface area (Å²) in [5.74, 6) is 5.57. The fourth-order valence-electron chi connectivity index (χ4n) is 2.09. The molecule has 1 N–H and O–H groups in total. The molecule has 0 saturated heterocycles. The molecule has 0 aromatic heterocycles. The number of hydroxylamine groups is 2. The molecule has 0 radical (unpaired) electrons. The normalized spacial score (nSPS) is 13.7. The van der Waals surface area contributed by atoms with Crippen molar-refractivity contribution in [3.05, 3.63) is 53.4 Å². The van der Waals surface area contributed by atoms with Gasteiger partial charge in [-0.05, 0) is 17.5 Å². The number of hydrogen-bond acceptors (Lipinski definition) is 3. The molecule has 6 heteroatoms. The molecular weight excluding hydrogens is 306 g/mol. The van der Waals surface area contributed by atoms with Crippen LogP contribution in [-0.2, 0) is 4.94 Å². The van der Waals surface area contributed by atoms with Crippen LogP contribution in [0.1, 0.15) is 20.7 Å². The fraction of sp³-hybridized carbons (Fsp3) is 0. The quantitative estimate of drug-likeness (QED) is 0.518. The summed E-state index contributed by atoms with van der Waals surface area (Å²) in [6.07, 6.45) is 0. The SMILES string of the molecule is [NH-]ON1C(=O)c2cccc3cccc(c23)C1=O.[Rb+]. The van der Waals surface area contributed by atoms with E-state index in [-0.39, 0.29) is 58.2 Å². The van der Waals surface area contributed by atoms with Crippen molar-refractivity contribution in [2.75, 3.05) is 0 Å². The van der Waals surface area contributed by atoms with E-state index >= 15 is 0 Å². The number of benzene rings is 2. The van der Waals surface area contributed by atoms with Crippen LogP contribution in [0.15, 0.2) is 36.4 Å². The molecule has 3 rings (SSSR count). The van der Waals surface area contributed by atoms with Crippen molar-refractivity contribution in [1.29, 1.82) is 0 Å². The van der Waals surface area contributed by atoms with Crippen LogP contribution in [0.3, 0.4) is 0 Å². The van der Waals surface area contributed by atoms with Crippen LogP contribution in [0.2, 0.25) is 0 Å². The maximum absolute atomic E-state index is 11.9. The zero-order valence-corrected chi connectivity index (χ0v) is 14.6. The van der Waals surface area contributed by atoms with Gasteiger partial charge in [0.2, 0.25) is 0 Å². The van der Waals surface area contributed by atoms with Crippen molar-refractivity contribution < 1.29 is 72.7 Å². The zero-order chi connectivity index (χ0) is 12.0. The molecule has 0 saturated carbocycles. The topological polar surface area (TPSA) is 70.4 Å². The van der Waals surface area contributed by atoms with E-state index in [2.05, 4.69) is 4.94 Å². The summed E-state index contributed by atoms with van der Waals surface area (Å²) >= 11 is 0. The van der Waals surface area contributed by atoms with Crippen LogP contribution in [0, 0.1) is 0 Å². The summed E-state index contributed by atoms with van der Waals surface area (Å²) in [7, 11) is 0. The Morgan fingerprint density at radius 1 is 0.944 bits per heavy atom. The van der Waals surface area contributed by atoms with Crippen molar-refractivity contribution in [3.63, 3.8) is 0 Å². The molecule has 2 amide bonds. The third-order valence-electron chi connectivity index (χ3n) is 2.83. The number of nitrogens with zero attached hydrogens (tertiary/aromatic N) is 1. The molecule has 2 aromatic carbocycles. The molecule has 84 valence electrons. The molecular formula is C12H7N2O3Rb. The first kappa shape index (κ1) is 14.0. The monoisotopic (exact) mass is 312 g/mol. The van der Waals surface area contributed by atoms with Gasteiger partial charge in [-0.1, -0.05) is 24.3 Å². The zero-order valence-electron chi connectivity index (χ0n) is 9.64. The van der Waals surface area contributed by atoms with Gasteiger partial charge in [0.1, 0.15) is 0 Å². The van der Waals surface area contributed by atoms with Gasteiger partial charge in [-0.15, -0.1) is 0 Å². The van der Waals surface area contributed by atoms with Gasteiger partial charge in [0.15, 0.2) is 0 Å². The minimum Gasteiger partial charge on any atom is -0.522 e. The number of carbonyl (C=O) groups excluding carboxylic acids is 2. The third kappa shape index (κ3) is 1.91. The molecule has 0 aliphatic carbocycles. The summed E-state index contributed by atoms with van der Waals surface area (Å²) in [5, 5.41) is 1.90.